The van der Waals surface area contributed by atoms with E-state index in [0.717, 1.165) is 30.5 Å². The van der Waals surface area contributed by atoms with Crippen LogP contribution in [0.4, 0.5) is 5.82 Å². The molecule has 0 aliphatic heterocycles. The van der Waals surface area contributed by atoms with E-state index in [1.807, 2.05) is 12.3 Å². The maximum absolute atomic E-state index is 4.33. The van der Waals surface area contributed by atoms with Gasteiger partial charge in [-0.3, -0.25) is 0 Å². The van der Waals surface area contributed by atoms with E-state index in [-0.39, 0.29) is 0 Å². The van der Waals surface area contributed by atoms with E-state index in [0.29, 0.717) is 6.04 Å². The molecule has 0 aromatic carbocycles. The van der Waals surface area contributed by atoms with Crippen LogP contribution in [-0.2, 0) is 0 Å². The summed E-state index contributed by atoms with van der Waals surface area (Å²) >= 11 is 1.65. The van der Waals surface area contributed by atoms with Crippen LogP contribution in [0.5, 0.6) is 0 Å². The largest absolute Gasteiger partial charge is 0.355 e. The van der Waals surface area contributed by atoms with Gasteiger partial charge in [-0.05, 0) is 13.2 Å². The number of nitrogens with one attached hydrogen (secondary N) is 1. The van der Waals surface area contributed by atoms with Gasteiger partial charge in [-0.15, -0.1) is 11.8 Å². The quantitative estimate of drug-likeness (QED) is 0.595. The second-order valence-electron chi connectivity index (χ2n) is 4.11. The Hall–Kier alpha value is -0.810. The molecule has 0 saturated heterocycles. The van der Waals surface area contributed by atoms with Crippen LogP contribution in [0, 0.1) is 0 Å². The first-order chi connectivity index (χ1) is 8.17. The van der Waals surface area contributed by atoms with Gasteiger partial charge in [0.15, 0.2) is 0 Å². The lowest BCUT2D eigenvalue weighted by molar-refractivity contribution is 0.582. The van der Waals surface area contributed by atoms with Crippen LogP contribution in [0.15, 0.2) is 17.4 Å². The number of hydrogen-bond donors (Lipinski definition) is 1. The fourth-order valence-electron chi connectivity index (χ4n) is 1.54. The number of anilines is 1. The number of nitrogens with zero attached hydrogens (tertiary/aromatic N) is 3. The molecule has 0 spiro atoms. The molecule has 5 heteroatoms. The maximum Gasteiger partial charge on any atom is 0.133 e. The molecule has 0 radical (unpaired) electrons. The molecule has 0 aliphatic rings. The van der Waals surface area contributed by atoms with Crippen molar-refractivity contribution in [1.29, 1.82) is 0 Å². The third kappa shape index (κ3) is 4.91. The molecular formula is C12H22N4S. The Labute approximate surface area is 108 Å². The molecule has 1 N–H and O–H groups in total. The van der Waals surface area contributed by atoms with Gasteiger partial charge in [0.1, 0.15) is 17.2 Å². The standard InChI is InChI=1S/C12H22N4S/c1-5-16(7-6-13-10(2)3)11-8-12(17-4)15-9-14-11/h8-10,13H,5-7H2,1-4H3. The fraction of sp³-hybridized carbons (Fsp3) is 0.667. The highest BCUT2D eigenvalue weighted by Gasteiger charge is 2.06. The van der Waals surface area contributed by atoms with Crippen molar-refractivity contribution >= 4 is 17.6 Å². The summed E-state index contributed by atoms with van der Waals surface area (Å²) in [4.78, 5) is 10.8. The minimum Gasteiger partial charge on any atom is -0.355 e. The predicted molar refractivity (Wildman–Crippen MR) is 74.8 cm³/mol. The topological polar surface area (TPSA) is 41.0 Å². The Bertz CT molecular complexity index is 330. The van der Waals surface area contributed by atoms with Gasteiger partial charge < -0.3 is 10.2 Å². The molecule has 1 aromatic heterocycles. The van der Waals surface area contributed by atoms with E-state index in [4.69, 9.17) is 0 Å². The second kappa shape index (κ2) is 7.50. The molecule has 0 unspecified atom stereocenters. The second-order valence-corrected chi connectivity index (χ2v) is 4.93. The Morgan fingerprint density at radius 3 is 2.76 bits per heavy atom. The van der Waals surface area contributed by atoms with Crippen molar-refractivity contribution in [2.45, 2.75) is 31.8 Å². The van der Waals surface area contributed by atoms with Gasteiger partial charge in [0, 0.05) is 31.7 Å². The number of hydrogen-bond acceptors (Lipinski definition) is 5. The first-order valence-electron chi connectivity index (χ1n) is 6.01. The average molecular weight is 254 g/mol. The van der Waals surface area contributed by atoms with E-state index in [9.17, 15) is 0 Å². The van der Waals surface area contributed by atoms with Crippen LogP contribution < -0.4 is 10.2 Å². The smallest absolute Gasteiger partial charge is 0.133 e. The zero-order valence-corrected chi connectivity index (χ0v) is 11.9. The van der Waals surface area contributed by atoms with Crippen LogP contribution in [0.1, 0.15) is 20.8 Å². The third-order valence-corrected chi connectivity index (χ3v) is 3.12. The Balaban J connectivity index is 2.59. The van der Waals surface area contributed by atoms with Crippen molar-refractivity contribution in [2.75, 3.05) is 30.8 Å². The maximum atomic E-state index is 4.33. The van der Waals surface area contributed by atoms with Crippen molar-refractivity contribution in [3.63, 3.8) is 0 Å². The molecule has 0 bridgehead atoms. The lowest BCUT2D eigenvalue weighted by atomic mass is 10.4. The van der Waals surface area contributed by atoms with Crippen molar-refractivity contribution in [2.24, 2.45) is 0 Å². The summed E-state index contributed by atoms with van der Waals surface area (Å²) in [6.45, 7) is 9.38. The van der Waals surface area contributed by atoms with E-state index in [2.05, 4.69) is 41.0 Å². The van der Waals surface area contributed by atoms with E-state index < -0.39 is 0 Å². The van der Waals surface area contributed by atoms with Crippen LogP contribution in [-0.4, -0.2) is 41.9 Å². The molecule has 1 rings (SSSR count). The van der Waals surface area contributed by atoms with Gasteiger partial charge in [-0.1, -0.05) is 13.8 Å². The molecule has 0 atom stereocenters. The first kappa shape index (κ1) is 14.3. The third-order valence-electron chi connectivity index (χ3n) is 2.48. The van der Waals surface area contributed by atoms with E-state index in [1.54, 1.807) is 18.1 Å². The summed E-state index contributed by atoms with van der Waals surface area (Å²) in [5, 5.41) is 4.44. The first-order valence-corrected chi connectivity index (χ1v) is 7.24. The zero-order chi connectivity index (χ0) is 12.7. The minimum atomic E-state index is 0.529. The van der Waals surface area contributed by atoms with Gasteiger partial charge in [-0.2, -0.15) is 0 Å². The number of aromatic nitrogens is 2. The van der Waals surface area contributed by atoms with Crippen LogP contribution >= 0.6 is 11.8 Å². The van der Waals surface area contributed by atoms with Crippen molar-refractivity contribution in [3.8, 4) is 0 Å². The van der Waals surface area contributed by atoms with Crippen molar-refractivity contribution in [1.82, 2.24) is 15.3 Å². The number of thioether (sulfide) groups is 1. The Morgan fingerprint density at radius 1 is 1.41 bits per heavy atom. The molecule has 1 heterocycles. The molecule has 0 amide bonds. The van der Waals surface area contributed by atoms with Crippen LogP contribution in [0.25, 0.3) is 0 Å². The zero-order valence-electron chi connectivity index (χ0n) is 11.1. The van der Waals surface area contributed by atoms with Gasteiger partial charge in [-0.25, -0.2) is 9.97 Å². The molecule has 96 valence electrons. The van der Waals surface area contributed by atoms with Crippen LogP contribution in [0.3, 0.4) is 0 Å². The summed E-state index contributed by atoms with van der Waals surface area (Å²) in [7, 11) is 0. The Kier molecular flexibility index (Phi) is 6.29. The fourth-order valence-corrected chi connectivity index (χ4v) is 1.91. The lowest BCUT2D eigenvalue weighted by Gasteiger charge is -2.22. The molecule has 4 nitrogen and oxygen atoms in total. The van der Waals surface area contributed by atoms with Gasteiger partial charge in [0.2, 0.25) is 0 Å². The number of likely N-dealkylation sites (N-methyl/N-ethyl adjacent to an activating group) is 1. The predicted octanol–water partition coefficient (Wildman–Crippen LogP) is 2.02. The van der Waals surface area contributed by atoms with Crippen molar-refractivity contribution < 1.29 is 0 Å². The van der Waals surface area contributed by atoms with E-state index >= 15 is 0 Å². The minimum absolute atomic E-state index is 0.529. The summed E-state index contributed by atoms with van der Waals surface area (Å²) < 4.78 is 0. The van der Waals surface area contributed by atoms with Crippen LogP contribution in [0.2, 0.25) is 0 Å². The SMILES string of the molecule is CCN(CCNC(C)C)c1cc(SC)ncn1. The van der Waals surface area contributed by atoms with Gasteiger partial charge in [0.25, 0.3) is 0 Å². The monoisotopic (exact) mass is 254 g/mol. The number of rotatable bonds is 7. The molecule has 0 fully saturated rings. The average Bonchev–Trinajstić information content (AvgIpc) is 2.34. The molecular weight excluding hydrogens is 232 g/mol. The summed E-state index contributed by atoms with van der Waals surface area (Å²) in [6, 6.07) is 2.57. The Morgan fingerprint density at radius 2 is 2.18 bits per heavy atom. The van der Waals surface area contributed by atoms with Gasteiger partial charge in [0.05, 0.1) is 0 Å². The van der Waals surface area contributed by atoms with Gasteiger partial charge >= 0.3 is 0 Å². The highest BCUT2D eigenvalue weighted by Crippen LogP contribution is 2.16. The summed E-state index contributed by atoms with van der Waals surface area (Å²) in [5.41, 5.74) is 0. The normalized spacial score (nSPS) is 10.9. The lowest BCUT2D eigenvalue weighted by Crippen LogP contribution is -2.35. The van der Waals surface area contributed by atoms with Crippen molar-refractivity contribution in [3.05, 3.63) is 12.4 Å². The van der Waals surface area contributed by atoms with E-state index in [1.165, 1.54) is 0 Å². The highest BCUT2D eigenvalue weighted by atomic mass is 32.2. The molecule has 0 aliphatic carbocycles. The molecule has 17 heavy (non-hydrogen) atoms. The molecule has 1 aromatic rings. The highest BCUT2D eigenvalue weighted by molar-refractivity contribution is 7.98. The summed E-state index contributed by atoms with van der Waals surface area (Å²) in [6.07, 6.45) is 3.67. The molecule has 0 saturated carbocycles. The summed E-state index contributed by atoms with van der Waals surface area (Å²) in [5.74, 6) is 1.01.